The molecule has 3 rings (SSSR count). The molecule has 0 atom stereocenters. The number of nitrogens with zero attached hydrogens (tertiary/aromatic N) is 1. The highest BCUT2D eigenvalue weighted by molar-refractivity contribution is 5.90. The molecule has 7 nitrogen and oxygen atoms in total. The van der Waals surface area contributed by atoms with E-state index >= 15 is 0 Å². The van der Waals surface area contributed by atoms with Gasteiger partial charge in [-0.05, 0) is 42.0 Å². The second-order valence-corrected chi connectivity index (χ2v) is 6.09. The number of amides is 1. The summed E-state index contributed by atoms with van der Waals surface area (Å²) in [4.78, 5) is 23.5. The van der Waals surface area contributed by atoms with Crippen molar-refractivity contribution in [1.82, 2.24) is 5.43 Å². The van der Waals surface area contributed by atoms with Crippen molar-refractivity contribution >= 4 is 18.1 Å². The number of hydrogen-bond acceptors (Lipinski definition) is 6. The highest BCUT2D eigenvalue weighted by atomic mass is 16.5. The van der Waals surface area contributed by atoms with E-state index in [9.17, 15) is 9.59 Å². The van der Waals surface area contributed by atoms with E-state index in [1.165, 1.54) is 13.3 Å². The Bertz CT molecular complexity index is 1000. The van der Waals surface area contributed by atoms with Crippen molar-refractivity contribution in [3.8, 4) is 17.1 Å². The molecule has 0 saturated heterocycles. The fourth-order valence-electron chi connectivity index (χ4n) is 2.60. The van der Waals surface area contributed by atoms with E-state index in [0.717, 1.165) is 16.9 Å². The zero-order chi connectivity index (χ0) is 20.6. The van der Waals surface area contributed by atoms with E-state index in [1.807, 2.05) is 12.1 Å². The first kappa shape index (κ1) is 19.9. The number of nitrogens with one attached hydrogen (secondary N) is 1. The molecule has 0 saturated carbocycles. The van der Waals surface area contributed by atoms with E-state index < -0.39 is 5.97 Å². The summed E-state index contributed by atoms with van der Waals surface area (Å²) in [6.45, 7) is 0. The number of methoxy groups -OCH3 is 2. The number of carbonyl (C=O) groups is 2. The second-order valence-electron chi connectivity index (χ2n) is 6.09. The van der Waals surface area contributed by atoms with Gasteiger partial charge in [0.2, 0.25) is 5.91 Å². The summed E-state index contributed by atoms with van der Waals surface area (Å²) < 4.78 is 15.5. The van der Waals surface area contributed by atoms with Gasteiger partial charge in [-0.2, -0.15) is 5.10 Å². The molecule has 0 aliphatic heterocycles. The zero-order valence-electron chi connectivity index (χ0n) is 16.0. The smallest absolute Gasteiger partial charge is 0.337 e. The van der Waals surface area contributed by atoms with Crippen molar-refractivity contribution in [3.05, 3.63) is 77.6 Å². The molecule has 1 amide bonds. The van der Waals surface area contributed by atoms with Crippen LogP contribution in [0.4, 0.5) is 0 Å². The Morgan fingerprint density at radius 1 is 1.00 bits per heavy atom. The molecule has 3 aromatic rings. The Morgan fingerprint density at radius 3 is 2.38 bits per heavy atom. The van der Waals surface area contributed by atoms with Crippen molar-refractivity contribution in [1.29, 1.82) is 0 Å². The van der Waals surface area contributed by atoms with Gasteiger partial charge >= 0.3 is 5.97 Å². The molecule has 0 aliphatic carbocycles. The maximum Gasteiger partial charge on any atom is 0.337 e. The topological polar surface area (TPSA) is 90.1 Å². The van der Waals surface area contributed by atoms with E-state index in [2.05, 4.69) is 15.3 Å². The van der Waals surface area contributed by atoms with E-state index in [1.54, 1.807) is 55.6 Å². The average molecular weight is 392 g/mol. The molecule has 0 aliphatic rings. The lowest BCUT2D eigenvalue weighted by Crippen LogP contribution is -2.19. The summed E-state index contributed by atoms with van der Waals surface area (Å²) in [5.41, 5.74) is 4.60. The monoisotopic (exact) mass is 392 g/mol. The van der Waals surface area contributed by atoms with Crippen molar-refractivity contribution in [3.63, 3.8) is 0 Å². The Labute approximate surface area is 167 Å². The lowest BCUT2D eigenvalue weighted by atomic mass is 10.1. The SMILES string of the molecule is COC(=O)c1ccc(-c2ccc(/C=N\NC(=O)Cc3ccc(OC)cc3)o2)cc1. The van der Waals surface area contributed by atoms with Crippen LogP contribution in [0.1, 0.15) is 21.7 Å². The summed E-state index contributed by atoms with van der Waals surface area (Å²) in [6.07, 6.45) is 1.63. The van der Waals surface area contributed by atoms with Crippen molar-refractivity contribution in [2.45, 2.75) is 6.42 Å². The average Bonchev–Trinajstić information content (AvgIpc) is 3.22. The number of esters is 1. The maximum absolute atomic E-state index is 12.0. The molecule has 0 spiro atoms. The van der Waals surface area contributed by atoms with Gasteiger partial charge in [-0.1, -0.05) is 24.3 Å². The Hall–Kier alpha value is -3.87. The molecule has 0 fully saturated rings. The third-order valence-electron chi connectivity index (χ3n) is 4.12. The molecule has 0 unspecified atom stereocenters. The van der Waals surface area contributed by atoms with Gasteiger partial charge in [0.15, 0.2) is 0 Å². The van der Waals surface area contributed by atoms with Gasteiger partial charge in [-0.3, -0.25) is 4.79 Å². The summed E-state index contributed by atoms with van der Waals surface area (Å²) in [7, 11) is 2.93. The van der Waals surface area contributed by atoms with Gasteiger partial charge in [0.05, 0.1) is 32.4 Å². The molecular weight excluding hydrogens is 372 g/mol. The normalized spacial score (nSPS) is 10.7. The van der Waals surface area contributed by atoms with Gasteiger partial charge in [0.1, 0.15) is 17.3 Å². The lowest BCUT2D eigenvalue weighted by Gasteiger charge is -2.02. The molecule has 148 valence electrons. The fourth-order valence-corrected chi connectivity index (χ4v) is 2.60. The third kappa shape index (κ3) is 5.32. The van der Waals surface area contributed by atoms with Gasteiger partial charge in [0, 0.05) is 5.56 Å². The van der Waals surface area contributed by atoms with Crippen molar-refractivity contribution < 1.29 is 23.5 Å². The Balaban J connectivity index is 1.55. The number of hydrazone groups is 1. The molecular formula is C22H20N2O5. The highest BCUT2D eigenvalue weighted by Crippen LogP contribution is 2.22. The predicted octanol–water partition coefficient (Wildman–Crippen LogP) is 3.43. The number of furan rings is 1. The van der Waals surface area contributed by atoms with Crippen LogP contribution < -0.4 is 10.2 Å². The quantitative estimate of drug-likeness (QED) is 0.378. The maximum atomic E-state index is 12.0. The minimum Gasteiger partial charge on any atom is -0.497 e. The van der Waals surface area contributed by atoms with Crippen molar-refractivity contribution in [2.75, 3.05) is 14.2 Å². The standard InChI is InChI=1S/C22H20N2O5/c1-27-18-9-3-15(4-10-18)13-21(25)24-23-14-19-11-12-20(29-19)16-5-7-17(8-6-16)22(26)28-2/h3-12,14H,13H2,1-2H3,(H,24,25)/b23-14-. The molecule has 1 aromatic heterocycles. The molecule has 2 aromatic carbocycles. The van der Waals surface area contributed by atoms with E-state index in [0.29, 0.717) is 17.1 Å². The van der Waals surface area contributed by atoms with E-state index in [-0.39, 0.29) is 12.3 Å². The van der Waals surface area contributed by atoms with Gasteiger partial charge in [-0.25, -0.2) is 10.2 Å². The van der Waals surface area contributed by atoms with Crippen LogP contribution in [0.2, 0.25) is 0 Å². The van der Waals surface area contributed by atoms with Crippen LogP contribution in [0.5, 0.6) is 5.75 Å². The predicted molar refractivity (Wildman–Crippen MR) is 108 cm³/mol. The largest absolute Gasteiger partial charge is 0.497 e. The Kier molecular flexibility index (Phi) is 6.42. The number of rotatable bonds is 7. The van der Waals surface area contributed by atoms with Crippen molar-refractivity contribution in [2.24, 2.45) is 5.10 Å². The first-order chi connectivity index (χ1) is 14.1. The lowest BCUT2D eigenvalue weighted by molar-refractivity contribution is -0.120. The van der Waals surface area contributed by atoms with Crippen LogP contribution in [0.25, 0.3) is 11.3 Å². The van der Waals surface area contributed by atoms with Gasteiger partial charge < -0.3 is 13.9 Å². The number of ether oxygens (including phenoxy) is 2. The third-order valence-corrected chi connectivity index (χ3v) is 4.12. The molecule has 0 radical (unpaired) electrons. The van der Waals surface area contributed by atoms with Crippen LogP contribution in [-0.2, 0) is 16.0 Å². The molecule has 1 N–H and O–H groups in total. The number of benzene rings is 2. The molecule has 7 heteroatoms. The summed E-state index contributed by atoms with van der Waals surface area (Å²) in [5, 5.41) is 3.92. The number of carbonyl (C=O) groups excluding carboxylic acids is 2. The van der Waals surface area contributed by atoms with Gasteiger partial charge in [-0.15, -0.1) is 0 Å². The van der Waals surface area contributed by atoms with Crippen LogP contribution in [0.3, 0.4) is 0 Å². The first-order valence-corrected chi connectivity index (χ1v) is 8.82. The van der Waals surface area contributed by atoms with Crippen LogP contribution >= 0.6 is 0 Å². The fraction of sp³-hybridized carbons (Fsp3) is 0.136. The highest BCUT2D eigenvalue weighted by Gasteiger charge is 2.08. The van der Waals surface area contributed by atoms with Crippen LogP contribution in [0, 0.1) is 0 Å². The Morgan fingerprint density at radius 2 is 1.72 bits per heavy atom. The minimum absolute atomic E-state index is 0.206. The summed E-state index contributed by atoms with van der Waals surface area (Å²) in [5.74, 6) is 1.21. The van der Waals surface area contributed by atoms with E-state index in [4.69, 9.17) is 9.15 Å². The molecule has 0 bridgehead atoms. The summed E-state index contributed by atoms with van der Waals surface area (Å²) >= 11 is 0. The molecule has 29 heavy (non-hydrogen) atoms. The van der Waals surface area contributed by atoms with Crippen LogP contribution in [0.15, 0.2) is 70.2 Å². The molecule has 1 heterocycles. The van der Waals surface area contributed by atoms with Crippen LogP contribution in [-0.4, -0.2) is 32.3 Å². The second kappa shape index (κ2) is 9.36. The zero-order valence-corrected chi connectivity index (χ0v) is 16.0. The summed E-state index contributed by atoms with van der Waals surface area (Å²) in [6, 6.07) is 17.6. The minimum atomic E-state index is -0.394. The van der Waals surface area contributed by atoms with Gasteiger partial charge in [0.25, 0.3) is 0 Å². The first-order valence-electron chi connectivity index (χ1n) is 8.82. The number of hydrogen-bond donors (Lipinski definition) is 1.